The van der Waals surface area contributed by atoms with E-state index in [9.17, 15) is 0 Å². The van der Waals surface area contributed by atoms with Crippen molar-refractivity contribution < 1.29 is 4.52 Å². The summed E-state index contributed by atoms with van der Waals surface area (Å²) in [6, 6.07) is 0. The topological polar surface area (TPSA) is 81.7 Å². The molecule has 3 heterocycles. The van der Waals surface area contributed by atoms with Crippen LogP contribution in [0.3, 0.4) is 0 Å². The molecule has 0 saturated carbocycles. The fraction of sp³-hybridized carbons (Fsp3) is 0.647. The van der Waals surface area contributed by atoms with E-state index in [1.54, 1.807) is 11.8 Å². The van der Waals surface area contributed by atoms with E-state index >= 15 is 0 Å². The van der Waals surface area contributed by atoms with Gasteiger partial charge in [0.05, 0.1) is 5.75 Å². The zero-order valence-corrected chi connectivity index (χ0v) is 17.0. The van der Waals surface area contributed by atoms with Crippen LogP contribution in [0, 0.1) is 5.92 Å². The van der Waals surface area contributed by atoms with Crippen LogP contribution in [-0.4, -0.2) is 38.0 Å². The van der Waals surface area contributed by atoms with Crippen LogP contribution in [0.5, 0.6) is 0 Å². The van der Waals surface area contributed by atoms with E-state index in [1.807, 2.05) is 6.08 Å². The van der Waals surface area contributed by atoms with Gasteiger partial charge in [0.1, 0.15) is 5.82 Å². The summed E-state index contributed by atoms with van der Waals surface area (Å²) in [6.45, 7) is 10.9. The molecule has 2 aromatic heterocycles. The summed E-state index contributed by atoms with van der Waals surface area (Å²) in [4.78, 5) is 4.45. The standard InChI is InChI=1S/C17H26N6OS.ClH/c1-4-9-23-16(13-5-7-18-8-6-13)20-21-17(23)25-11-14-19-15(24-22-14)10-12(2)3;/h4,12-13,18H,1,5-11H2,2-3H3;1H. The average Bonchev–Trinajstić information content (AvgIpc) is 3.20. The van der Waals surface area contributed by atoms with Crippen molar-refractivity contribution in [2.75, 3.05) is 13.1 Å². The highest BCUT2D eigenvalue weighted by molar-refractivity contribution is 7.98. The SMILES string of the molecule is C=CCn1c(SCc2noc(CC(C)C)n2)nnc1C1CCNCC1.Cl. The number of aromatic nitrogens is 5. The first-order valence-electron chi connectivity index (χ1n) is 8.86. The van der Waals surface area contributed by atoms with Gasteiger partial charge in [0.25, 0.3) is 0 Å². The normalized spacial score (nSPS) is 15.2. The Morgan fingerprint density at radius 2 is 2.12 bits per heavy atom. The number of thioether (sulfide) groups is 1. The molecule has 26 heavy (non-hydrogen) atoms. The summed E-state index contributed by atoms with van der Waals surface area (Å²) in [7, 11) is 0. The van der Waals surface area contributed by atoms with E-state index in [4.69, 9.17) is 4.52 Å². The number of allylic oxidation sites excluding steroid dienone is 1. The molecule has 0 amide bonds. The zero-order chi connectivity index (χ0) is 17.6. The molecule has 0 aromatic carbocycles. The van der Waals surface area contributed by atoms with Gasteiger partial charge in [-0.15, -0.1) is 29.2 Å². The van der Waals surface area contributed by atoms with Crippen LogP contribution in [0.25, 0.3) is 0 Å². The van der Waals surface area contributed by atoms with Gasteiger partial charge in [-0.05, 0) is 31.8 Å². The van der Waals surface area contributed by atoms with Crippen LogP contribution in [0.1, 0.15) is 50.1 Å². The third-order valence-corrected chi connectivity index (χ3v) is 5.15. The Bertz CT molecular complexity index is 695. The molecular formula is C17H27ClN6OS. The van der Waals surface area contributed by atoms with Gasteiger partial charge in [0, 0.05) is 18.9 Å². The van der Waals surface area contributed by atoms with Crippen molar-refractivity contribution in [3.8, 4) is 0 Å². The first kappa shape index (κ1) is 20.9. The van der Waals surface area contributed by atoms with Gasteiger partial charge in [-0.3, -0.25) is 0 Å². The maximum Gasteiger partial charge on any atom is 0.226 e. The minimum atomic E-state index is 0. The maximum atomic E-state index is 5.30. The average molecular weight is 399 g/mol. The Labute approximate surface area is 164 Å². The highest BCUT2D eigenvalue weighted by Gasteiger charge is 2.23. The molecule has 1 fully saturated rings. The van der Waals surface area contributed by atoms with Crippen molar-refractivity contribution in [2.24, 2.45) is 5.92 Å². The summed E-state index contributed by atoms with van der Waals surface area (Å²) >= 11 is 1.60. The van der Waals surface area contributed by atoms with E-state index in [1.165, 1.54) is 0 Å². The largest absolute Gasteiger partial charge is 0.339 e. The van der Waals surface area contributed by atoms with Gasteiger partial charge in [0.15, 0.2) is 11.0 Å². The molecule has 1 aliphatic heterocycles. The van der Waals surface area contributed by atoms with Gasteiger partial charge in [-0.25, -0.2) is 0 Å². The van der Waals surface area contributed by atoms with E-state index in [-0.39, 0.29) is 12.4 Å². The van der Waals surface area contributed by atoms with E-state index in [0.717, 1.165) is 49.9 Å². The Morgan fingerprint density at radius 3 is 2.81 bits per heavy atom. The molecule has 7 nitrogen and oxygen atoms in total. The quantitative estimate of drug-likeness (QED) is 0.540. The molecule has 144 valence electrons. The molecule has 1 saturated heterocycles. The lowest BCUT2D eigenvalue weighted by atomic mass is 9.97. The number of hydrogen-bond acceptors (Lipinski definition) is 7. The summed E-state index contributed by atoms with van der Waals surface area (Å²) < 4.78 is 7.47. The summed E-state index contributed by atoms with van der Waals surface area (Å²) in [5.41, 5.74) is 0. The van der Waals surface area contributed by atoms with Crippen molar-refractivity contribution in [2.45, 2.75) is 56.5 Å². The van der Waals surface area contributed by atoms with Crippen molar-refractivity contribution >= 4 is 24.2 Å². The van der Waals surface area contributed by atoms with Gasteiger partial charge >= 0.3 is 0 Å². The molecule has 3 rings (SSSR count). The minimum Gasteiger partial charge on any atom is -0.339 e. The van der Waals surface area contributed by atoms with Crippen LogP contribution >= 0.6 is 24.2 Å². The van der Waals surface area contributed by atoms with Gasteiger partial charge in [-0.1, -0.05) is 36.8 Å². The molecule has 0 atom stereocenters. The fourth-order valence-corrected chi connectivity index (χ4v) is 3.80. The molecule has 0 bridgehead atoms. The number of rotatable bonds is 8. The van der Waals surface area contributed by atoms with Crippen LogP contribution in [0.2, 0.25) is 0 Å². The van der Waals surface area contributed by atoms with Crippen LogP contribution < -0.4 is 5.32 Å². The lowest BCUT2D eigenvalue weighted by Crippen LogP contribution is -2.28. The Hall–Kier alpha value is -1.38. The van der Waals surface area contributed by atoms with E-state index in [2.05, 4.69) is 50.6 Å². The smallest absolute Gasteiger partial charge is 0.226 e. The highest BCUT2D eigenvalue weighted by Crippen LogP contribution is 2.28. The molecule has 0 aliphatic carbocycles. The van der Waals surface area contributed by atoms with Crippen molar-refractivity contribution in [3.63, 3.8) is 0 Å². The van der Waals surface area contributed by atoms with E-state index < -0.39 is 0 Å². The predicted octanol–water partition coefficient (Wildman–Crippen LogP) is 3.23. The first-order valence-corrected chi connectivity index (χ1v) is 9.85. The third kappa shape index (κ3) is 5.31. The predicted molar refractivity (Wildman–Crippen MR) is 105 cm³/mol. The molecule has 0 unspecified atom stereocenters. The molecule has 1 N–H and O–H groups in total. The van der Waals surface area contributed by atoms with Crippen molar-refractivity contribution in [3.05, 3.63) is 30.2 Å². The molecule has 1 aliphatic rings. The zero-order valence-electron chi connectivity index (χ0n) is 15.3. The lowest BCUT2D eigenvalue weighted by molar-refractivity contribution is 0.360. The number of hydrogen-bond donors (Lipinski definition) is 1. The maximum absolute atomic E-state index is 5.30. The number of piperidine rings is 1. The second-order valence-electron chi connectivity index (χ2n) is 6.76. The van der Waals surface area contributed by atoms with Gasteiger partial charge < -0.3 is 14.4 Å². The van der Waals surface area contributed by atoms with Crippen LogP contribution in [-0.2, 0) is 18.7 Å². The second-order valence-corrected chi connectivity index (χ2v) is 7.70. The Balaban J connectivity index is 0.00000243. The Kier molecular flexibility index (Phi) is 8.12. The molecule has 0 radical (unpaired) electrons. The molecule has 9 heteroatoms. The summed E-state index contributed by atoms with van der Waals surface area (Å²) in [5, 5.41) is 17.2. The fourth-order valence-electron chi connectivity index (χ4n) is 3.00. The third-order valence-electron chi connectivity index (χ3n) is 4.18. The number of nitrogens with one attached hydrogen (secondary N) is 1. The highest BCUT2D eigenvalue weighted by atomic mass is 35.5. The second kappa shape index (κ2) is 10.1. The van der Waals surface area contributed by atoms with Crippen LogP contribution in [0.15, 0.2) is 22.3 Å². The molecule has 2 aromatic rings. The lowest BCUT2D eigenvalue weighted by Gasteiger charge is -2.22. The Morgan fingerprint density at radius 1 is 1.35 bits per heavy atom. The number of nitrogens with zero attached hydrogens (tertiary/aromatic N) is 5. The van der Waals surface area contributed by atoms with E-state index in [0.29, 0.717) is 29.3 Å². The first-order chi connectivity index (χ1) is 12.2. The number of halogens is 1. The van der Waals surface area contributed by atoms with Crippen molar-refractivity contribution in [1.82, 2.24) is 30.2 Å². The van der Waals surface area contributed by atoms with Crippen molar-refractivity contribution in [1.29, 1.82) is 0 Å². The summed E-state index contributed by atoms with van der Waals surface area (Å²) in [5.74, 6) is 4.07. The summed E-state index contributed by atoms with van der Waals surface area (Å²) in [6.07, 6.45) is 4.91. The molecule has 0 spiro atoms. The van der Waals surface area contributed by atoms with Gasteiger partial charge in [-0.2, -0.15) is 4.98 Å². The van der Waals surface area contributed by atoms with Crippen LogP contribution in [0.4, 0.5) is 0 Å². The molecular weight excluding hydrogens is 372 g/mol. The monoisotopic (exact) mass is 398 g/mol. The minimum absolute atomic E-state index is 0. The van der Waals surface area contributed by atoms with Gasteiger partial charge in [0.2, 0.25) is 5.89 Å².